The highest BCUT2D eigenvalue weighted by molar-refractivity contribution is 5.73. The largest absolute Gasteiger partial charge is 0.469 e. The average molecular weight is 280 g/mol. The molecule has 6 heteroatoms. The monoisotopic (exact) mass is 280 g/mol. The van der Waals surface area contributed by atoms with Crippen molar-refractivity contribution in [2.75, 3.05) is 25.1 Å². The van der Waals surface area contributed by atoms with Gasteiger partial charge in [0.25, 0.3) is 0 Å². The zero-order valence-corrected chi connectivity index (χ0v) is 11.0. The number of nitrogens with zero attached hydrogens (tertiary/aromatic N) is 2. The summed E-state index contributed by atoms with van der Waals surface area (Å²) < 4.78 is 32.6. The van der Waals surface area contributed by atoms with Gasteiger partial charge < -0.3 is 9.64 Å². The molecule has 1 saturated heterocycles. The number of ether oxygens (including phenoxy) is 1. The van der Waals surface area contributed by atoms with Gasteiger partial charge in [-0.05, 0) is 25.0 Å². The Balaban J connectivity index is 2.28. The molecule has 1 atom stereocenters. The summed E-state index contributed by atoms with van der Waals surface area (Å²) in [6, 6.07) is 3.70. The topological polar surface area (TPSA) is 53.3 Å². The van der Waals surface area contributed by atoms with Gasteiger partial charge in [-0.2, -0.15) is 5.26 Å². The van der Waals surface area contributed by atoms with Gasteiger partial charge in [0.1, 0.15) is 5.69 Å². The molecule has 0 saturated carbocycles. The zero-order chi connectivity index (χ0) is 14.7. The van der Waals surface area contributed by atoms with E-state index in [1.807, 2.05) is 0 Å². The highest BCUT2D eigenvalue weighted by Gasteiger charge is 2.29. The first-order valence-electron chi connectivity index (χ1n) is 6.28. The fourth-order valence-corrected chi connectivity index (χ4v) is 2.47. The van der Waals surface area contributed by atoms with Crippen molar-refractivity contribution in [2.45, 2.75) is 12.8 Å². The van der Waals surface area contributed by atoms with Crippen LogP contribution in [0.3, 0.4) is 0 Å². The molecule has 1 aliphatic rings. The van der Waals surface area contributed by atoms with Crippen LogP contribution in [0.5, 0.6) is 0 Å². The molecule has 1 unspecified atom stereocenters. The number of rotatable bonds is 2. The van der Waals surface area contributed by atoms with E-state index >= 15 is 0 Å². The Bertz CT molecular complexity index is 546. The highest BCUT2D eigenvalue weighted by Crippen LogP contribution is 2.29. The average Bonchev–Trinajstić information content (AvgIpc) is 2.45. The van der Waals surface area contributed by atoms with Crippen molar-refractivity contribution < 1.29 is 18.3 Å². The number of esters is 1. The van der Waals surface area contributed by atoms with Crippen molar-refractivity contribution in [1.82, 2.24) is 0 Å². The van der Waals surface area contributed by atoms with Gasteiger partial charge in [0.2, 0.25) is 0 Å². The second-order valence-electron chi connectivity index (χ2n) is 4.71. The number of benzene rings is 1. The van der Waals surface area contributed by atoms with Gasteiger partial charge in [-0.15, -0.1) is 0 Å². The first kappa shape index (κ1) is 14.3. The minimum Gasteiger partial charge on any atom is -0.469 e. The highest BCUT2D eigenvalue weighted by atomic mass is 19.1. The second kappa shape index (κ2) is 5.87. The Morgan fingerprint density at radius 3 is 2.65 bits per heavy atom. The van der Waals surface area contributed by atoms with Gasteiger partial charge in [0.05, 0.1) is 24.7 Å². The molecule has 0 radical (unpaired) electrons. The summed E-state index contributed by atoms with van der Waals surface area (Å²) in [5, 5.41) is 8.68. The van der Waals surface area contributed by atoms with E-state index in [4.69, 9.17) is 5.26 Å². The maximum atomic E-state index is 13.9. The molecule has 1 aromatic carbocycles. The molecule has 0 amide bonds. The minimum atomic E-state index is -0.785. The number of halogens is 2. The van der Waals surface area contributed by atoms with Crippen molar-refractivity contribution in [3.63, 3.8) is 0 Å². The summed E-state index contributed by atoms with van der Waals surface area (Å²) in [6.45, 7) is 0.680. The van der Waals surface area contributed by atoms with Crippen LogP contribution in [0.1, 0.15) is 18.4 Å². The molecule has 1 fully saturated rings. The van der Waals surface area contributed by atoms with Gasteiger partial charge in [-0.25, -0.2) is 8.78 Å². The Kier molecular flexibility index (Phi) is 4.18. The van der Waals surface area contributed by atoms with Crippen LogP contribution in [0.15, 0.2) is 12.1 Å². The van der Waals surface area contributed by atoms with Crippen molar-refractivity contribution in [3.8, 4) is 6.07 Å². The molecule has 20 heavy (non-hydrogen) atoms. The lowest BCUT2D eigenvalue weighted by molar-refractivity contribution is -0.145. The quantitative estimate of drug-likeness (QED) is 0.779. The summed E-state index contributed by atoms with van der Waals surface area (Å²) in [6.07, 6.45) is 1.29. The predicted molar refractivity (Wildman–Crippen MR) is 68.0 cm³/mol. The number of nitriles is 1. The lowest BCUT2D eigenvalue weighted by Crippen LogP contribution is -2.40. The maximum absolute atomic E-state index is 13.9. The molecule has 1 heterocycles. The van der Waals surface area contributed by atoms with Gasteiger partial charge in [0.15, 0.2) is 11.6 Å². The lowest BCUT2D eigenvalue weighted by Gasteiger charge is -2.33. The summed E-state index contributed by atoms with van der Waals surface area (Å²) in [5.74, 6) is -2.33. The normalized spacial score (nSPS) is 18.5. The van der Waals surface area contributed by atoms with E-state index in [2.05, 4.69) is 4.74 Å². The third kappa shape index (κ3) is 2.72. The van der Waals surface area contributed by atoms with E-state index in [1.165, 1.54) is 12.0 Å². The Hall–Kier alpha value is -2.16. The fraction of sp³-hybridized carbons (Fsp3) is 0.429. The molecule has 0 aromatic heterocycles. The number of anilines is 1. The van der Waals surface area contributed by atoms with E-state index in [0.29, 0.717) is 19.4 Å². The maximum Gasteiger partial charge on any atom is 0.310 e. The van der Waals surface area contributed by atoms with Crippen molar-refractivity contribution in [2.24, 2.45) is 5.92 Å². The lowest BCUT2D eigenvalue weighted by atomic mass is 9.97. The van der Waals surface area contributed by atoms with Gasteiger partial charge in [-0.3, -0.25) is 4.79 Å². The summed E-state index contributed by atoms with van der Waals surface area (Å²) in [5.41, 5.74) is -0.247. The van der Waals surface area contributed by atoms with Crippen LogP contribution in [0, 0.1) is 28.9 Å². The van der Waals surface area contributed by atoms with Crippen molar-refractivity contribution in [3.05, 3.63) is 29.3 Å². The number of piperidine rings is 1. The first-order chi connectivity index (χ1) is 9.56. The van der Waals surface area contributed by atoms with Crippen molar-refractivity contribution >= 4 is 11.7 Å². The second-order valence-corrected chi connectivity index (χ2v) is 4.71. The van der Waals surface area contributed by atoms with Crippen molar-refractivity contribution in [1.29, 1.82) is 5.26 Å². The summed E-state index contributed by atoms with van der Waals surface area (Å²) in [7, 11) is 1.30. The van der Waals surface area contributed by atoms with Gasteiger partial charge in [-0.1, -0.05) is 0 Å². The molecule has 106 valence electrons. The van der Waals surface area contributed by atoms with E-state index in [9.17, 15) is 13.6 Å². The van der Waals surface area contributed by atoms with E-state index in [0.717, 1.165) is 12.1 Å². The molecular weight excluding hydrogens is 266 g/mol. The number of carbonyl (C=O) groups is 1. The van der Waals surface area contributed by atoms with Crippen LogP contribution in [0.4, 0.5) is 14.5 Å². The molecule has 4 nitrogen and oxygen atoms in total. The number of methoxy groups -OCH3 is 1. The smallest absolute Gasteiger partial charge is 0.310 e. The molecular formula is C14H14F2N2O2. The minimum absolute atomic E-state index is 0.0646. The molecule has 0 spiro atoms. The third-order valence-electron chi connectivity index (χ3n) is 3.42. The van der Waals surface area contributed by atoms with Gasteiger partial charge >= 0.3 is 5.97 Å². The Labute approximate surface area is 115 Å². The molecule has 1 aliphatic heterocycles. The molecule has 0 N–H and O–H groups in total. The molecule has 2 rings (SSSR count). The van der Waals surface area contributed by atoms with Crippen LogP contribution < -0.4 is 4.90 Å². The first-order valence-corrected chi connectivity index (χ1v) is 6.28. The van der Waals surface area contributed by atoms with Crippen LogP contribution >= 0.6 is 0 Å². The van der Waals surface area contributed by atoms with Crippen LogP contribution in [0.2, 0.25) is 0 Å². The van der Waals surface area contributed by atoms with Crippen LogP contribution in [-0.2, 0) is 9.53 Å². The van der Waals surface area contributed by atoms with E-state index in [1.54, 1.807) is 6.07 Å². The van der Waals surface area contributed by atoms with Gasteiger partial charge in [0, 0.05) is 13.1 Å². The third-order valence-corrected chi connectivity index (χ3v) is 3.42. The number of hydrogen-bond acceptors (Lipinski definition) is 4. The molecule has 1 aromatic rings. The van der Waals surface area contributed by atoms with E-state index in [-0.39, 0.29) is 29.7 Å². The van der Waals surface area contributed by atoms with E-state index < -0.39 is 11.6 Å². The molecule has 0 bridgehead atoms. The fourth-order valence-electron chi connectivity index (χ4n) is 2.47. The number of hydrogen-bond donors (Lipinski definition) is 0. The Morgan fingerprint density at radius 2 is 2.10 bits per heavy atom. The van der Waals surface area contributed by atoms with Crippen LogP contribution in [-0.4, -0.2) is 26.2 Å². The molecule has 0 aliphatic carbocycles. The SMILES string of the molecule is COC(=O)C1CCCN(c2c(F)cc(C#N)cc2F)C1. The predicted octanol–water partition coefficient (Wildman–Crippen LogP) is 2.23. The standard InChI is InChI=1S/C14H14F2N2O2/c1-20-14(19)10-3-2-4-18(8-10)13-11(15)5-9(7-17)6-12(13)16/h5-6,10H,2-4,8H2,1H3. The number of carbonyl (C=O) groups excluding carboxylic acids is 1. The summed E-state index contributed by atoms with van der Waals surface area (Å²) in [4.78, 5) is 13.0. The van der Waals surface area contributed by atoms with Crippen LogP contribution in [0.25, 0.3) is 0 Å². The summed E-state index contributed by atoms with van der Waals surface area (Å²) >= 11 is 0. The zero-order valence-electron chi connectivity index (χ0n) is 11.0. The Morgan fingerprint density at radius 1 is 1.45 bits per heavy atom.